The van der Waals surface area contributed by atoms with Crippen molar-refractivity contribution in [2.75, 3.05) is 0 Å². The normalized spacial score (nSPS) is 11.7. The fourth-order valence-electron chi connectivity index (χ4n) is 2.16. The monoisotopic (exact) mass is 376 g/mol. The van der Waals surface area contributed by atoms with Crippen LogP contribution in [0, 0.1) is 10.1 Å². The van der Waals surface area contributed by atoms with Crippen LogP contribution in [0.25, 0.3) is 17.8 Å². The summed E-state index contributed by atoms with van der Waals surface area (Å²) in [5.41, 5.74) is 1.23. The molecule has 0 fully saturated rings. The molecule has 138 valence electrons. The number of hydrogen-bond acceptors (Lipinski definition) is 5. The summed E-state index contributed by atoms with van der Waals surface area (Å²) in [6, 6.07) is 11.1. The summed E-state index contributed by atoms with van der Waals surface area (Å²) >= 11 is 0. The second-order valence-electron chi connectivity index (χ2n) is 5.27. The van der Waals surface area contributed by atoms with Crippen LogP contribution in [-0.4, -0.2) is 26.1 Å². The molecule has 0 spiro atoms. The highest BCUT2D eigenvalue weighted by atomic mass is 19.4. The Balaban J connectivity index is 1.70. The minimum absolute atomic E-state index is 0.00694. The molecule has 0 aliphatic carbocycles. The van der Waals surface area contributed by atoms with Crippen LogP contribution in [0.3, 0.4) is 0 Å². The quantitative estimate of drug-likeness (QED) is 0.491. The maximum atomic E-state index is 12.2. The van der Waals surface area contributed by atoms with Crippen LogP contribution >= 0.6 is 0 Å². The minimum Gasteiger partial charge on any atom is -0.406 e. The topological polar surface area (TPSA) is 83.1 Å². The van der Waals surface area contributed by atoms with Gasteiger partial charge in [0.1, 0.15) is 12.1 Å². The molecule has 0 atom stereocenters. The van der Waals surface area contributed by atoms with Gasteiger partial charge < -0.3 is 4.74 Å². The predicted octanol–water partition coefficient (Wildman–Crippen LogP) is 4.24. The Kier molecular flexibility index (Phi) is 4.88. The van der Waals surface area contributed by atoms with E-state index in [1.54, 1.807) is 24.3 Å². The van der Waals surface area contributed by atoms with E-state index in [1.165, 1.54) is 47.4 Å². The number of nitro benzene ring substituents is 1. The zero-order chi connectivity index (χ0) is 19.4. The summed E-state index contributed by atoms with van der Waals surface area (Å²) in [4.78, 5) is 14.2. The number of hydrogen-bond donors (Lipinski definition) is 0. The number of nitrogens with zero attached hydrogens (tertiary/aromatic N) is 4. The second-order valence-corrected chi connectivity index (χ2v) is 5.27. The number of ether oxygens (including phenoxy) is 1. The second kappa shape index (κ2) is 7.28. The first-order valence-corrected chi connectivity index (χ1v) is 7.50. The van der Waals surface area contributed by atoms with Gasteiger partial charge >= 0.3 is 6.36 Å². The number of aromatic nitrogens is 3. The van der Waals surface area contributed by atoms with Crippen LogP contribution in [0.15, 0.2) is 54.9 Å². The Morgan fingerprint density at radius 1 is 1.04 bits per heavy atom. The Morgan fingerprint density at radius 3 is 2.30 bits per heavy atom. The highest BCUT2D eigenvalue weighted by molar-refractivity contribution is 5.67. The van der Waals surface area contributed by atoms with Crippen molar-refractivity contribution in [1.29, 1.82) is 0 Å². The third kappa shape index (κ3) is 4.91. The van der Waals surface area contributed by atoms with Crippen molar-refractivity contribution in [3.05, 3.63) is 76.4 Å². The molecule has 0 saturated carbocycles. The van der Waals surface area contributed by atoms with E-state index in [4.69, 9.17) is 0 Å². The molecule has 1 aromatic heterocycles. The molecule has 0 radical (unpaired) electrons. The first-order chi connectivity index (χ1) is 12.8. The molecule has 7 nitrogen and oxygen atoms in total. The Morgan fingerprint density at radius 2 is 1.70 bits per heavy atom. The molecular formula is C17H11F3N4O3. The van der Waals surface area contributed by atoms with Crippen molar-refractivity contribution >= 4 is 17.8 Å². The first-order valence-electron chi connectivity index (χ1n) is 7.50. The Bertz CT molecular complexity index is 964. The van der Waals surface area contributed by atoms with E-state index in [9.17, 15) is 23.3 Å². The van der Waals surface area contributed by atoms with Gasteiger partial charge in [0, 0.05) is 12.1 Å². The van der Waals surface area contributed by atoms with Gasteiger partial charge in [-0.3, -0.25) is 10.1 Å². The highest BCUT2D eigenvalue weighted by Gasteiger charge is 2.30. The van der Waals surface area contributed by atoms with Crippen molar-refractivity contribution < 1.29 is 22.8 Å². The molecule has 0 bridgehead atoms. The van der Waals surface area contributed by atoms with Crippen molar-refractivity contribution in [3.8, 4) is 11.4 Å². The molecule has 0 N–H and O–H groups in total. The summed E-state index contributed by atoms with van der Waals surface area (Å²) in [6.45, 7) is 0. The van der Waals surface area contributed by atoms with E-state index >= 15 is 0 Å². The lowest BCUT2D eigenvalue weighted by Crippen LogP contribution is -2.17. The number of halogens is 3. The molecule has 3 aromatic rings. The number of benzene rings is 2. The van der Waals surface area contributed by atoms with E-state index in [0.717, 1.165) is 5.56 Å². The van der Waals surface area contributed by atoms with Gasteiger partial charge in [0.15, 0.2) is 5.82 Å². The molecule has 3 rings (SSSR count). The van der Waals surface area contributed by atoms with E-state index < -0.39 is 11.3 Å². The molecular weight excluding hydrogens is 365 g/mol. The number of nitro groups is 1. The zero-order valence-electron chi connectivity index (χ0n) is 13.5. The van der Waals surface area contributed by atoms with Crippen molar-refractivity contribution in [2.24, 2.45) is 0 Å². The number of non-ortho nitro benzene ring substituents is 1. The average molecular weight is 376 g/mol. The van der Waals surface area contributed by atoms with Gasteiger partial charge in [-0.05, 0) is 48.0 Å². The Labute approximate surface area is 150 Å². The van der Waals surface area contributed by atoms with Crippen molar-refractivity contribution in [3.63, 3.8) is 0 Å². The minimum atomic E-state index is -4.75. The fraction of sp³-hybridized carbons (Fsp3) is 0.0588. The van der Waals surface area contributed by atoms with Gasteiger partial charge in [0.2, 0.25) is 0 Å². The van der Waals surface area contributed by atoms with Crippen LogP contribution in [0.4, 0.5) is 18.9 Å². The highest BCUT2D eigenvalue weighted by Crippen LogP contribution is 2.23. The van der Waals surface area contributed by atoms with Crippen LogP contribution < -0.4 is 4.74 Å². The summed E-state index contributed by atoms with van der Waals surface area (Å²) in [5, 5.41) is 14.8. The smallest absolute Gasteiger partial charge is 0.406 e. The fourth-order valence-corrected chi connectivity index (χ4v) is 2.16. The molecule has 0 saturated heterocycles. The lowest BCUT2D eigenvalue weighted by atomic mass is 10.2. The predicted molar refractivity (Wildman–Crippen MR) is 90.1 cm³/mol. The summed E-state index contributed by atoms with van der Waals surface area (Å²) in [7, 11) is 0. The largest absolute Gasteiger partial charge is 0.573 e. The SMILES string of the molecule is O=[N+]([O-])c1ccc(/C=C/c2ncn(-c3ccc(OC(F)(F)F)cc3)n2)cc1. The molecule has 0 aliphatic heterocycles. The van der Waals surface area contributed by atoms with Gasteiger partial charge in [-0.2, -0.15) is 0 Å². The molecule has 27 heavy (non-hydrogen) atoms. The molecule has 0 unspecified atom stereocenters. The third-order valence-corrected chi connectivity index (χ3v) is 3.37. The van der Waals surface area contributed by atoms with Gasteiger partial charge in [0.25, 0.3) is 5.69 Å². The molecule has 2 aromatic carbocycles. The molecule has 1 heterocycles. The molecule has 0 amide bonds. The van der Waals surface area contributed by atoms with Crippen molar-refractivity contribution in [2.45, 2.75) is 6.36 Å². The van der Waals surface area contributed by atoms with E-state index in [1.807, 2.05) is 0 Å². The van der Waals surface area contributed by atoms with E-state index in [2.05, 4.69) is 14.8 Å². The number of alkyl halides is 3. The summed E-state index contributed by atoms with van der Waals surface area (Å²) in [6.07, 6.45) is -0.0395. The van der Waals surface area contributed by atoms with Gasteiger partial charge in [0.05, 0.1) is 10.6 Å². The standard InChI is InChI=1S/C17H11F3N4O3/c18-17(19,20)27-15-8-6-13(7-9-15)23-11-21-16(22-23)10-3-12-1-4-14(5-2-12)24(25)26/h1-11H/b10-3+. The Hall–Kier alpha value is -3.69. The average Bonchev–Trinajstić information content (AvgIpc) is 3.08. The van der Waals surface area contributed by atoms with E-state index in [-0.39, 0.29) is 11.4 Å². The lowest BCUT2D eigenvalue weighted by Gasteiger charge is -2.08. The van der Waals surface area contributed by atoms with Gasteiger partial charge in [-0.15, -0.1) is 18.3 Å². The zero-order valence-corrected chi connectivity index (χ0v) is 13.5. The van der Waals surface area contributed by atoms with Crippen LogP contribution in [0.5, 0.6) is 5.75 Å². The molecule has 0 aliphatic rings. The van der Waals surface area contributed by atoms with E-state index in [0.29, 0.717) is 11.5 Å². The van der Waals surface area contributed by atoms with Crippen molar-refractivity contribution in [1.82, 2.24) is 14.8 Å². The molecule has 10 heteroatoms. The summed E-state index contributed by atoms with van der Waals surface area (Å²) in [5.74, 6) is 0.0358. The third-order valence-electron chi connectivity index (χ3n) is 3.37. The van der Waals surface area contributed by atoms with Crippen LogP contribution in [-0.2, 0) is 0 Å². The maximum Gasteiger partial charge on any atom is 0.573 e. The lowest BCUT2D eigenvalue weighted by molar-refractivity contribution is -0.384. The number of rotatable bonds is 5. The van der Waals surface area contributed by atoms with Crippen LogP contribution in [0.1, 0.15) is 11.4 Å². The summed E-state index contributed by atoms with van der Waals surface area (Å²) < 4.78 is 41.7. The van der Waals surface area contributed by atoms with Gasteiger partial charge in [-0.1, -0.05) is 6.08 Å². The van der Waals surface area contributed by atoms with Gasteiger partial charge in [-0.25, -0.2) is 9.67 Å². The first kappa shape index (κ1) is 18.1. The van der Waals surface area contributed by atoms with Crippen LogP contribution in [0.2, 0.25) is 0 Å². The maximum absolute atomic E-state index is 12.2.